The number of carboxylic acids is 1. The van der Waals surface area contributed by atoms with E-state index in [1.165, 1.54) is 11.3 Å². The largest absolute Gasteiger partial charge is 0.480 e. The van der Waals surface area contributed by atoms with Crippen LogP contribution in [0.4, 0.5) is 5.13 Å². The van der Waals surface area contributed by atoms with Gasteiger partial charge >= 0.3 is 5.97 Å². The summed E-state index contributed by atoms with van der Waals surface area (Å²) in [6.45, 7) is 1.79. The lowest BCUT2D eigenvalue weighted by Gasteiger charge is -1.94. The molecule has 1 aromatic heterocycles. The first kappa shape index (κ1) is 8.00. The van der Waals surface area contributed by atoms with Crippen LogP contribution in [0, 0.1) is 6.92 Å². The number of carboxylic acid groups (broad SMARTS) is 1. The van der Waals surface area contributed by atoms with Gasteiger partial charge < -0.3 is 10.4 Å². The van der Waals surface area contributed by atoms with Crippen molar-refractivity contribution in [3.05, 3.63) is 11.1 Å². The highest BCUT2D eigenvalue weighted by Gasteiger charge is 1.99. The van der Waals surface area contributed by atoms with E-state index in [4.69, 9.17) is 5.11 Å². The minimum absolute atomic E-state index is 0.0764. The maximum atomic E-state index is 10.1. The number of aliphatic carboxylic acids is 1. The average molecular weight is 172 g/mol. The maximum absolute atomic E-state index is 10.1. The molecule has 0 aliphatic heterocycles. The van der Waals surface area contributed by atoms with Gasteiger partial charge in [0.2, 0.25) is 0 Å². The molecule has 1 rings (SSSR count). The number of aryl methyl sites for hydroxylation is 1. The highest BCUT2D eigenvalue weighted by atomic mass is 32.1. The molecule has 0 aliphatic rings. The van der Waals surface area contributed by atoms with E-state index >= 15 is 0 Å². The summed E-state index contributed by atoms with van der Waals surface area (Å²) in [5.74, 6) is -0.877. The van der Waals surface area contributed by atoms with Gasteiger partial charge in [0, 0.05) is 5.38 Å². The fourth-order valence-electron chi connectivity index (χ4n) is 0.586. The zero-order chi connectivity index (χ0) is 8.27. The topological polar surface area (TPSA) is 62.2 Å². The average Bonchev–Trinajstić information content (AvgIpc) is 2.31. The van der Waals surface area contributed by atoms with Gasteiger partial charge in [0.1, 0.15) is 6.54 Å². The van der Waals surface area contributed by atoms with E-state index in [1.54, 1.807) is 0 Å². The van der Waals surface area contributed by atoms with Gasteiger partial charge in [-0.25, -0.2) is 4.98 Å². The van der Waals surface area contributed by atoms with Crippen molar-refractivity contribution < 1.29 is 9.90 Å². The lowest BCUT2D eigenvalue weighted by Crippen LogP contribution is -2.11. The molecule has 4 nitrogen and oxygen atoms in total. The number of nitrogens with zero attached hydrogens (tertiary/aromatic N) is 1. The summed E-state index contributed by atoms with van der Waals surface area (Å²) in [6, 6.07) is 0. The van der Waals surface area contributed by atoms with Gasteiger partial charge in [-0.15, -0.1) is 11.3 Å². The molecule has 0 spiro atoms. The molecule has 0 unspecified atom stereocenters. The highest BCUT2D eigenvalue weighted by molar-refractivity contribution is 7.13. The molecule has 0 atom stereocenters. The number of hydrogen-bond donors (Lipinski definition) is 2. The molecule has 2 N–H and O–H groups in total. The van der Waals surface area contributed by atoms with Crippen LogP contribution in [-0.2, 0) is 4.79 Å². The summed E-state index contributed by atoms with van der Waals surface area (Å²) >= 11 is 1.41. The van der Waals surface area contributed by atoms with Crippen LogP contribution in [0.1, 0.15) is 5.69 Å². The summed E-state index contributed by atoms with van der Waals surface area (Å²) in [7, 11) is 0. The van der Waals surface area contributed by atoms with Crippen LogP contribution in [0.15, 0.2) is 5.38 Å². The normalized spacial score (nSPS) is 9.55. The van der Waals surface area contributed by atoms with Gasteiger partial charge in [-0.2, -0.15) is 0 Å². The molecular weight excluding hydrogens is 164 g/mol. The minimum Gasteiger partial charge on any atom is -0.480 e. The second kappa shape index (κ2) is 3.34. The Kier molecular flexibility index (Phi) is 2.43. The fourth-order valence-corrected chi connectivity index (χ4v) is 1.27. The molecule has 0 saturated carbocycles. The predicted molar refractivity (Wildman–Crippen MR) is 43.0 cm³/mol. The van der Waals surface area contributed by atoms with Crippen molar-refractivity contribution in [1.29, 1.82) is 0 Å². The maximum Gasteiger partial charge on any atom is 0.322 e. The van der Waals surface area contributed by atoms with E-state index in [1.807, 2.05) is 12.3 Å². The number of thiazole rings is 1. The number of aromatic nitrogens is 1. The van der Waals surface area contributed by atoms with Gasteiger partial charge in [-0.1, -0.05) is 0 Å². The Balaban J connectivity index is 2.45. The zero-order valence-electron chi connectivity index (χ0n) is 6.00. The third-order valence-corrected chi connectivity index (χ3v) is 1.93. The van der Waals surface area contributed by atoms with Crippen LogP contribution in [0.5, 0.6) is 0 Å². The van der Waals surface area contributed by atoms with Crippen molar-refractivity contribution in [2.45, 2.75) is 6.92 Å². The van der Waals surface area contributed by atoms with Crippen molar-refractivity contribution in [1.82, 2.24) is 4.98 Å². The standard InChI is InChI=1S/C6H8N2O2S/c1-4-3-11-6(8-4)7-2-5(9)10/h3H,2H2,1H3,(H,7,8)(H,9,10). The van der Waals surface area contributed by atoms with Crippen LogP contribution < -0.4 is 5.32 Å². The third-order valence-electron chi connectivity index (χ3n) is 1.01. The summed E-state index contributed by atoms with van der Waals surface area (Å²) in [5, 5.41) is 13.5. The lowest BCUT2D eigenvalue weighted by atomic mass is 10.6. The number of anilines is 1. The lowest BCUT2D eigenvalue weighted by molar-refractivity contribution is -0.134. The Hall–Kier alpha value is -1.10. The molecule has 1 aromatic rings. The number of hydrogen-bond acceptors (Lipinski definition) is 4. The van der Waals surface area contributed by atoms with Gasteiger partial charge in [0.15, 0.2) is 5.13 Å². The van der Waals surface area contributed by atoms with E-state index in [9.17, 15) is 4.79 Å². The molecule has 0 aromatic carbocycles. The second-order valence-electron chi connectivity index (χ2n) is 2.04. The zero-order valence-corrected chi connectivity index (χ0v) is 6.81. The Morgan fingerprint density at radius 2 is 2.64 bits per heavy atom. The van der Waals surface area contributed by atoms with E-state index in [-0.39, 0.29) is 6.54 Å². The Morgan fingerprint density at radius 1 is 1.91 bits per heavy atom. The van der Waals surface area contributed by atoms with Crippen LogP contribution in [0.3, 0.4) is 0 Å². The molecule has 0 bridgehead atoms. The number of nitrogens with one attached hydrogen (secondary N) is 1. The molecule has 1 heterocycles. The molecule has 60 valence electrons. The third kappa shape index (κ3) is 2.55. The van der Waals surface area contributed by atoms with Gasteiger partial charge in [-0.05, 0) is 6.92 Å². The van der Waals surface area contributed by atoms with Crippen LogP contribution in [-0.4, -0.2) is 22.6 Å². The first-order chi connectivity index (χ1) is 5.18. The minimum atomic E-state index is -0.877. The first-order valence-electron chi connectivity index (χ1n) is 3.06. The van der Waals surface area contributed by atoms with E-state index in [0.717, 1.165) is 5.69 Å². The summed E-state index contributed by atoms with van der Waals surface area (Å²) in [4.78, 5) is 14.1. The van der Waals surface area contributed by atoms with E-state index in [0.29, 0.717) is 5.13 Å². The van der Waals surface area contributed by atoms with Gasteiger partial charge in [0.05, 0.1) is 5.69 Å². The number of carbonyl (C=O) groups is 1. The molecule has 11 heavy (non-hydrogen) atoms. The Bertz CT molecular complexity index is 259. The number of rotatable bonds is 3. The monoisotopic (exact) mass is 172 g/mol. The van der Waals surface area contributed by atoms with E-state index in [2.05, 4.69) is 10.3 Å². The highest BCUT2D eigenvalue weighted by Crippen LogP contribution is 2.13. The van der Waals surface area contributed by atoms with Crippen molar-refractivity contribution in [2.24, 2.45) is 0 Å². The smallest absolute Gasteiger partial charge is 0.322 e. The van der Waals surface area contributed by atoms with Gasteiger partial charge in [-0.3, -0.25) is 4.79 Å². The summed E-state index contributed by atoms with van der Waals surface area (Å²) in [6.07, 6.45) is 0. The molecule has 0 fully saturated rings. The predicted octanol–water partition coefficient (Wildman–Crippen LogP) is 0.948. The molecule has 0 aliphatic carbocycles. The first-order valence-corrected chi connectivity index (χ1v) is 3.94. The second-order valence-corrected chi connectivity index (χ2v) is 2.90. The quantitative estimate of drug-likeness (QED) is 0.712. The molecule has 0 amide bonds. The van der Waals surface area contributed by atoms with E-state index < -0.39 is 5.97 Å². The molecule has 0 radical (unpaired) electrons. The SMILES string of the molecule is Cc1csc(NCC(=O)O)n1. The molecule has 0 saturated heterocycles. The Labute approximate surface area is 67.9 Å². The van der Waals surface area contributed by atoms with Crippen molar-refractivity contribution >= 4 is 22.4 Å². The Morgan fingerprint density at radius 3 is 3.09 bits per heavy atom. The van der Waals surface area contributed by atoms with Crippen molar-refractivity contribution in [3.8, 4) is 0 Å². The van der Waals surface area contributed by atoms with Crippen LogP contribution in [0.2, 0.25) is 0 Å². The fraction of sp³-hybridized carbons (Fsp3) is 0.333. The van der Waals surface area contributed by atoms with Crippen molar-refractivity contribution in [3.63, 3.8) is 0 Å². The van der Waals surface area contributed by atoms with Crippen LogP contribution >= 0.6 is 11.3 Å². The molecule has 5 heteroatoms. The molecular formula is C6H8N2O2S. The van der Waals surface area contributed by atoms with Crippen molar-refractivity contribution in [2.75, 3.05) is 11.9 Å². The van der Waals surface area contributed by atoms with Crippen LogP contribution in [0.25, 0.3) is 0 Å². The van der Waals surface area contributed by atoms with Gasteiger partial charge in [0.25, 0.3) is 0 Å². The summed E-state index contributed by atoms with van der Waals surface area (Å²) < 4.78 is 0. The summed E-state index contributed by atoms with van der Waals surface area (Å²) in [5.41, 5.74) is 0.905.